The minimum atomic E-state index is -0.167. The summed E-state index contributed by atoms with van der Waals surface area (Å²) in [5, 5.41) is 2.86. The van der Waals surface area contributed by atoms with Gasteiger partial charge in [0.25, 0.3) is 5.91 Å². The lowest BCUT2D eigenvalue weighted by molar-refractivity contribution is -0.119. The highest BCUT2D eigenvalue weighted by Crippen LogP contribution is 2.22. The van der Waals surface area contributed by atoms with Gasteiger partial charge in [0, 0.05) is 34.4 Å². The second-order valence-electron chi connectivity index (χ2n) is 5.51. The van der Waals surface area contributed by atoms with Gasteiger partial charge in [0.05, 0.1) is 0 Å². The smallest absolute Gasteiger partial charge is 0.255 e. The summed E-state index contributed by atoms with van der Waals surface area (Å²) in [6.45, 7) is 0.752. The molecule has 1 saturated heterocycles. The van der Waals surface area contributed by atoms with Crippen molar-refractivity contribution in [3.63, 3.8) is 0 Å². The largest absolute Gasteiger partial charge is 0.322 e. The molecule has 2 amide bonds. The Kier molecular flexibility index (Phi) is 4.76. The molecule has 0 bridgehead atoms. The molecule has 1 aliphatic rings. The van der Waals surface area contributed by atoms with Crippen LogP contribution in [0, 0.1) is 0 Å². The number of halogens is 1. The topological polar surface area (TPSA) is 49.4 Å². The van der Waals surface area contributed by atoms with E-state index in [1.54, 1.807) is 17.0 Å². The lowest BCUT2D eigenvalue weighted by atomic mass is 10.1. The van der Waals surface area contributed by atoms with Crippen molar-refractivity contribution >= 4 is 39.1 Å². The van der Waals surface area contributed by atoms with Crippen LogP contribution in [0.5, 0.6) is 0 Å². The molecule has 0 saturated carbocycles. The molecule has 3 rings (SSSR count). The molecule has 0 unspecified atom stereocenters. The van der Waals surface area contributed by atoms with Gasteiger partial charge in [-0.1, -0.05) is 22.0 Å². The van der Waals surface area contributed by atoms with Gasteiger partial charge >= 0.3 is 0 Å². The van der Waals surface area contributed by atoms with E-state index in [1.807, 2.05) is 36.4 Å². The number of amides is 2. The average molecular weight is 373 g/mol. The molecule has 0 atom stereocenters. The van der Waals surface area contributed by atoms with E-state index in [0.717, 1.165) is 35.2 Å². The number of carbonyl (C=O) groups is 2. The fraction of sp³-hybridized carbons (Fsp3) is 0.222. The Labute approximate surface area is 143 Å². The summed E-state index contributed by atoms with van der Waals surface area (Å²) >= 11 is 3.38. The zero-order chi connectivity index (χ0) is 16.2. The second-order valence-corrected chi connectivity index (χ2v) is 6.43. The molecule has 0 aliphatic carbocycles. The van der Waals surface area contributed by atoms with E-state index in [9.17, 15) is 9.59 Å². The summed E-state index contributed by atoms with van der Waals surface area (Å²) in [5.41, 5.74) is 2.16. The van der Waals surface area contributed by atoms with Crippen molar-refractivity contribution in [1.82, 2.24) is 0 Å². The third-order valence-corrected chi connectivity index (χ3v) is 4.34. The van der Waals surface area contributed by atoms with Crippen molar-refractivity contribution in [3.05, 3.63) is 58.6 Å². The van der Waals surface area contributed by atoms with E-state index in [2.05, 4.69) is 21.2 Å². The first-order valence-electron chi connectivity index (χ1n) is 7.61. The quantitative estimate of drug-likeness (QED) is 0.876. The van der Waals surface area contributed by atoms with Gasteiger partial charge < -0.3 is 10.2 Å². The molecule has 5 heteroatoms. The molecule has 2 aromatic rings. The number of piperidine rings is 1. The zero-order valence-corrected chi connectivity index (χ0v) is 14.2. The molecule has 0 radical (unpaired) electrons. The van der Waals surface area contributed by atoms with Crippen LogP contribution in [-0.2, 0) is 4.79 Å². The first-order chi connectivity index (χ1) is 11.1. The van der Waals surface area contributed by atoms with Crippen LogP contribution in [0.3, 0.4) is 0 Å². The van der Waals surface area contributed by atoms with Crippen molar-refractivity contribution in [2.24, 2.45) is 0 Å². The summed E-state index contributed by atoms with van der Waals surface area (Å²) in [7, 11) is 0. The molecule has 23 heavy (non-hydrogen) atoms. The van der Waals surface area contributed by atoms with Crippen LogP contribution in [0.25, 0.3) is 0 Å². The maximum atomic E-state index is 12.3. The summed E-state index contributed by atoms with van der Waals surface area (Å²) in [4.78, 5) is 26.0. The van der Waals surface area contributed by atoms with Gasteiger partial charge in [0.2, 0.25) is 5.91 Å². The van der Waals surface area contributed by atoms with Crippen molar-refractivity contribution in [2.45, 2.75) is 19.3 Å². The number of hydrogen-bond acceptors (Lipinski definition) is 2. The molecule has 0 spiro atoms. The van der Waals surface area contributed by atoms with E-state index < -0.39 is 0 Å². The van der Waals surface area contributed by atoms with Crippen LogP contribution < -0.4 is 10.2 Å². The van der Waals surface area contributed by atoms with E-state index >= 15 is 0 Å². The third kappa shape index (κ3) is 3.79. The van der Waals surface area contributed by atoms with Crippen LogP contribution in [0.15, 0.2) is 53.0 Å². The fourth-order valence-corrected chi connectivity index (χ4v) is 3.04. The number of nitrogens with zero attached hydrogens (tertiary/aromatic N) is 1. The van der Waals surface area contributed by atoms with Crippen molar-refractivity contribution < 1.29 is 9.59 Å². The summed E-state index contributed by atoms with van der Waals surface area (Å²) in [5.74, 6) is -0.0118. The number of anilines is 2. The minimum absolute atomic E-state index is 0.155. The predicted molar refractivity (Wildman–Crippen MR) is 94.7 cm³/mol. The van der Waals surface area contributed by atoms with Gasteiger partial charge in [-0.05, 0) is 55.3 Å². The Bertz CT molecular complexity index is 728. The van der Waals surface area contributed by atoms with E-state index in [0.29, 0.717) is 12.0 Å². The molecular formula is C18H17BrN2O2. The average Bonchev–Trinajstić information content (AvgIpc) is 2.55. The fourth-order valence-electron chi connectivity index (χ4n) is 2.64. The van der Waals surface area contributed by atoms with Gasteiger partial charge in [-0.3, -0.25) is 9.59 Å². The summed E-state index contributed by atoms with van der Waals surface area (Å²) in [6, 6.07) is 14.6. The molecule has 1 aliphatic heterocycles. The van der Waals surface area contributed by atoms with Crippen molar-refractivity contribution in [2.75, 3.05) is 16.8 Å². The van der Waals surface area contributed by atoms with Gasteiger partial charge in [0.1, 0.15) is 0 Å². The Morgan fingerprint density at radius 1 is 1.09 bits per heavy atom. The van der Waals surface area contributed by atoms with E-state index in [4.69, 9.17) is 0 Å². The first kappa shape index (κ1) is 15.7. The number of carbonyl (C=O) groups excluding carboxylic acids is 2. The third-order valence-electron chi connectivity index (χ3n) is 3.85. The van der Waals surface area contributed by atoms with Crippen LogP contribution in [-0.4, -0.2) is 18.4 Å². The molecule has 1 heterocycles. The highest BCUT2D eigenvalue weighted by Gasteiger charge is 2.19. The first-order valence-corrected chi connectivity index (χ1v) is 8.40. The SMILES string of the molecule is O=C(Nc1cccc(Br)c1)c1ccc(N2CCCCC2=O)cc1. The molecular weight excluding hydrogens is 356 g/mol. The molecule has 1 fully saturated rings. The van der Waals surface area contributed by atoms with Crippen LogP contribution in [0.1, 0.15) is 29.6 Å². The Hall–Kier alpha value is -2.14. The highest BCUT2D eigenvalue weighted by atomic mass is 79.9. The molecule has 1 N–H and O–H groups in total. The lowest BCUT2D eigenvalue weighted by Crippen LogP contribution is -2.35. The molecule has 4 nitrogen and oxygen atoms in total. The number of nitrogens with one attached hydrogen (secondary N) is 1. The lowest BCUT2D eigenvalue weighted by Gasteiger charge is -2.26. The number of hydrogen-bond donors (Lipinski definition) is 1. The number of rotatable bonds is 3. The zero-order valence-electron chi connectivity index (χ0n) is 12.6. The van der Waals surface area contributed by atoms with E-state index in [-0.39, 0.29) is 11.8 Å². The molecule has 0 aromatic heterocycles. The summed E-state index contributed by atoms with van der Waals surface area (Å²) < 4.78 is 0.911. The van der Waals surface area contributed by atoms with Gasteiger partial charge in [0.15, 0.2) is 0 Å². The Morgan fingerprint density at radius 2 is 1.87 bits per heavy atom. The van der Waals surface area contributed by atoms with Gasteiger partial charge in [-0.15, -0.1) is 0 Å². The van der Waals surface area contributed by atoms with Gasteiger partial charge in [-0.25, -0.2) is 0 Å². The maximum Gasteiger partial charge on any atom is 0.255 e. The van der Waals surface area contributed by atoms with Crippen LogP contribution in [0.4, 0.5) is 11.4 Å². The predicted octanol–water partition coefficient (Wildman–Crippen LogP) is 4.22. The van der Waals surface area contributed by atoms with Crippen molar-refractivity contribution in [3.8, 4) is 0 Å². The maximum absolute atomic E-state index is 12.3. The Balaban J connectivity index is 1.71. The standard InChI is InChI=1S/C18H17BrN2O2/c19-14-4-3-5-15(12-14)20-18(23)13-7-9-16(10-8-13)21-11-2-1-6-17(21)22/h3-5,7-10,12H,1-2,6,11H2,(H,20,23). The highest BCUT2D eigenvalue weighted by molar-refractivity contribution is 9.10. The monoisotopic (exact) mass is 372 g/mol. The van der Waals surface area contributed by atoms with Crippen LogP contribution >= 0.6 is 15.9 Å². The van der Waals surface area contributed by atoms with Crippen LogP contribution in [0.2, 0.25) is 0 Å². The summed E-state index contributed by atoms with van der Waals surface area (Å²) in [6.07, 6.45) is 2.59. The molecule has 2 aromatic carbocycles. The number of benzene rings is 2. The van der Waals surface area contributed by atoms with Crippen molar-refractivity contribution in [1.29, 1.82) is 0 Å². The normalized spacial score (nSPS) is 14.7. The van der Waals surface area contributed by atoms with E-state index in [1.165, 1.54) is 0 Å². The van der Waals surface area contributed by atoms with Gasteiger partial charge in [-0.2, -0.15) is 0 Å². The Morgan fingerprint density at radius 3 is 2.57 bits per heavy atom. The molecule has 118 valence electrons. The minimum Gasteiger partial charge on any atom is -0.322 e. The second kappa shape index (κ2) is 6.96.